The highest BCUT2D eigenvalue weighted by Gasteiger charge is 2.38. The van der Waals surface area contributed by atoms with Gasteiger partial charge in [0.2, 0.25) is 11.1 Å². The van der Waals surface area contributed by atoms with Crippen molar-refractivity contribution in [1.29, 1.82) is 0 Å². The molecule has 2 heterocycles. The fraction of sp³-hybridized carbons (Fsp3) is 0.857. The molecule has 10 heteroatoms. The third-order valence-corrected chi connectivity index (χ3v) is 7.51. The summed E-state index contributed by atoms with van der Waals surface area (Å²) in [4.78, 5) is 14.8. The summed E-state index contributed by atoms with van der Waals surface area (Å²) in [6.07, 6.45) is 5.90. The Labute approximate surface area is 146 Å². The number of aryl methyl sites for hydroxylation is 1. The number of rotatable bonds is 5. The van der Waals surface area contributed by atoms with Crippen LogP contribution >= 0.6 is 11.8 Å². The van der Waals surface area contributed by atoms with Gasteiger partial charge < -0.3 is 4.90 Å². The van der Waals surface area contributed by atoms with E-state index in [4.69, 9.17) is 0 Å². The first-order valence-corrected chi connectivity index (χ1v) is 11.1. The number of sulfone groups is 1. The molecule has 0 N–H and O–H groups in total. The Kier molecular flexibility index (Phi) is 5.43. The molecule has 0 unspecified atom stereocenters. The Morgan fingerprint density at radius 3 is 2.58 bits per heavy atom. The van der Waals surface area contributed by atoms with E-state index in [0.717, 1.165) is 25.7 Å². The lowest BCUT2D eigenvalue weighted by atomic mass is 9.93. The quantitative estimate of drug-likeness (QED) is 0.699. The number of carbonyl (C=O) groups is 1. The van der Waals surface area contributed by atoms with Gasteiger partial charge in [0.1, 0.15) is 0 Å². The molecule has 2 aliphatic rings. The SMILES string of the molecule is Cn1nnnc1SCC(=O)N(C1CCCCC1)[C@@H]1CCS(=O)(=O)C1. The fourth-order valence-corrected chi connectivity index (χ4v) is 6.03. The number of nitrogens with zero attached hydrogens (tertiary/aromatic N) is 5. The highest BCUT2D eigenvalue weighted by molar-refractivity contribution is 7.99. The van der Waals surface area contributed by atoms with Crippen molar-refractivity contribution in [2.75, 3.05) is 17.3 Å². The summed E-state index contributed by atoms with van der Waals surface area (Å²) in [5.41, 5.74) is 0. The summed E-state index contributed by atoms with van der Waals surface area (Å²) in [7, 11) is -1.28. The molecule has 0 aromatic carbocycles. The molecule has 1 atom stereocenters. The van der Waals surface area contributed by atoms with Crippen LogP contribution in [-0.2, 0) is 21.7 Å². The molecular weight excluding hydrogens is 350 g/mol. The van der Waals surface area contributed by atoms with Gasteiger partial charge in [-0.15, -0.1) is 5.10 Å². The number of aromatic nitrogens is 4. The molecule has 1 saturated heterocycles. The van der Waals surface area contributed by atoms with E-state index in [1.165, 1.54) is 22.9 Å². The second kappa shape index (κ2) is 7.38. The van der Waals surface area contributed by atoms with E-state index in [-0.39, 0.29) is 35.2 Å². The molecule has 134 valence electrons. The van der Waals surface area contributed by atoms with Crippen LogP contribution in [0.4, 0.5) is 0 Å². The van der Waals surface area contributed by atoms with Crippen LogP contribution in [-0.4, -0.2) is 68.8 Å². The number of amides is 1. The van der Waals surface area contributed by atoms with Gasteiger partial charge in [-0.2, -0.15) is 0 Å². The second-order valence-electron chi connectivity index (χ2n) is 6.52. The van der Waals surface area contributed by atoms with Crippen molar-refractivity contribution >= 4 is 27.5 Å². The second-order valence-corrected chi connectivity index (χ2v) is 9.69. The van der Waals surface area contributed by atoms with Crippen LogP contribution in [0.5, 0.6) is 0 Å². The fourth-order valence-electron chi connectivity index (χ4n) is 3.60. The molecule has 1 aliphatic heterocycles. The Balaban J connectivity index is 1.71. The molecular formula is C14H23N5O3S2. The molecule has 8 nitrogen and oxygen atoms in total. The van der Waals surface area contributed by atoms with E-state index in [1.807, 2.05) is 4.90 Å². The number of hydrogen-bond donors (Lipinski definition) is 0. The van der Waals surface area contributed by atoms with Gasteiger partial charge in [0.15, 0.2) is 9.84 Å². The number of hydrogen-bond acceptors (Lipinski definition) is 7. The van der Waals surface area contributed by atoms with Crippen molar-refractivity contribution in [2.45, 2.75) is 55.8 Å². The van der Waals surface area contributed by atoms with Gasteiger partial charge >= 0.3 is 0 Å². The van der Waals surface area contributed by atoms with E-state index in [0.29, 0.717) is 11.6 Å². The molecule has 0 bridgehead atoms. The van der Waals surface area contributed by atoms with Crippen LogP contribution in [0.25, 0.3) is 0 Å². The van der Waals surface area contributed by atoms with Crippen LogP contribution in [0.15, 0.2) is 5.16 Å². The third-order valence-electron chi connectivity index (χ3n) is 4.76. The zero-order valence-electron chi connectivity index (χ0n) is 13.8. The van der Waals surface area contributed by atoms with Gasteiger partial charge in [-0.25, -0.2) is 13.1 Å². The average Bonchev–Trinajstić information content (AvgIpc) is 3.12. The van der Waals surface area contributed by atoms with E-state index in [9.17, 15) is 13.2 Å². The minimum absolute atomic E-state index is 0.00278. The molecule has 1 aromatic heterocycles. The average molecular weight is 374 g/mol. The highest BCUT2D eigenvalue weighted by Crippen LogP contribution is 2.29. The third kappa shape index (κ3) is 4.08. The van der Waals surface area contributed by atoms with Crippen LogP contribution in [0.2, 0.25) is 0 Å². The Hall–Kier alpha value is -1.16. The summed E-state index contributed by atoms with van der Waals surface area (Å²) in [6.45, 7) is 0. The van der Waals surface area contributed by atoms with Gasteiger partial charge in [-0.05, 0) is 29.7 Å². The topological polar surface area (TPSA) is 98.1 Å². The number of thioether (sulfide) groups is 1. The predicted molar refractivity (Wildman–Crippen MR) is 90.3 cm³/mol. The van der Waals surface area contributed by atoms with Crippen molar-refractivity contribution < 1.29 is 13.2 Å². The minimum atomic E-state index is -3.01. The summed E-state index contributed by atoms with van der Waals surface area (Å²) in [6, 6.07) is -0.00778. The number of tetrazole rings is 1. The van der Waals surface area contributed by atoms with Crippen molar-refractivity contribution in [3.05, 3.63) is 0 Å². The molecule has 1 amide bonds. The van der Waals surface area contributed by atoms with Gasteiger partial charge in [-0.1, -0.05) is 31.0 Å². The lowest BCUT2D eigenvalue weighted by Gasteiger charge is -2.38. The van der Waals surface area contributed by atoms with E-state index in [1.54, 1.807) is 7.05 Å². The summed E-state index contributed by atoms with van der Waals surface area (Å²) >= 11 is 1.30. The maximum atomic E-state index is 12.9. The Morgan fingerprint density at radius 2 is 2.00 bits per heavy atom. The smallest absolute Gasteiger partial charge is 0.233 e. The highest BCUT2D eigenvalue weighted by atomic mass is 32.2. The Morgan fingerprint density at radius 1 is 1.25 bits per heavy atom. The van der Waals surface area contributed by atoms with Gasteiger partial charge in [0.05, 0.1) is 17.3 Å². The summed E-state index contributed by atoms with van der Waals surface area (Å²) < 4.78 is 25.3. The summed E-state index contributed by atoms with van der Waals surface area (Å²) in [5.74, 6) is 0.526. The van der Waals surface area contributed by atoms with Crippen LogP contribution < -0.4 is 0 Å². The standard InChI is InChI=1S/C14H23N5O3S2/c1-18-14(15-16-17-18)23-9-13(20)19(11-5-3-2-4-6-11)12-7-8-24(21,22)10-12/h11-12H,2-10H2,1H3/t12-/m1/s1. The van der Waals surface area contributed by atoms with Crippen LogP contribution in [0.3, 0.4) is 0 Å². The maximum absolute atomic E-state index is 12.9. The first-order chi connectivity index (χ1) is 11.5. The van der Waals surface area contributed by atoms with Crippen molar-refractivity contribution in [1.82, 2.24) is 25.1 Å². The molecule has 1 aromatic rings. The zero-order valence-corrected chi connectivity index (χ0v) is 15.4. The van der Waals surface area contributed by atoms with Crippen LogP contribution in [0, 0.1) is 0 Å². The minimum Gasteiger partial charge on any atom is -0.335 e. The van der Waals surface area contributed by atoms with E-state index >= 15 is 0 Å². The van der Waals surface area contributed by atoms with Crippen molar-refractivity contribution in [2.24, 2.45) is 7.05 Å². The van der Waals surface area contributed by atoms with Gasteiger partial charge in [0, 0.05) is 19.1 Å². The molecule has 2 fully saturated rings. The summed E-state index contributed by atoms with van der Waals surface area (Å²) in [5, 5.41) is 11.8. The van der Waals surface area contributed by atoms with Crippen molar-refractivity contribution in [3.8, 4) is 0 Å². The lowest BCUT2D eigenvalue weighted by molar-refractivity contribution is -0.133. The predicted octanol–water partition coefficient (Wildman–Crippen LogP) is 0.651. The first-order valence-electron chi connectivity index (χ1n) is 8.33. The molecule has 0 spiro atoms. The van der Waals surface area contributed by atoms with E-state index in [2.05, 4.69) is 15.5 Å². The monoisotopic (exact) mass is 373 g/mol. The van der Waals surface area contributed by atoms with E-state index < -0.39 is 9.84 Å². The van der Waals surface area contributed by atoms with Crippen molar-refractivity contribution in [3.63, 3.8) is 0 Å². The molecule has 1 saturated carbocycles. The van der Waals surface area contributed by atoms with Gasteiger partial charge in [0.25, 0.3) is 0 Å². The largest absolute Gasteiger partial charge is 0.335 e. The number of carbonyl (C=O) groups excluding carboxylic acids is 1. The zero-order chi connectivity index (χ0) is 17.2. The van der Waals surface area contributed by atoms with Crippen LogP contribution in [0.1, 0.15) is 38.5 Å². The normalized spacial score (nSPS) is 24.1. The molecule has 1 aliphatic carbocycles. The lowest BCUT2D eigenvalue weighted by Crippen LogP contribution is -2.49. The molecule has 24 heavy (non-hydrogen) atoms. The van der Waals surface area contributed by atoms with Gasteiger partial charge in [-0.3, -0.25) is 4.79 Å². The maximum Gasteiger partial charge on any atom is 0.233 e. The molecule has 3 rings (SSSR count). The first kappa shape index (κ1) is 17.7. The molecule has 0 radical (unpaired) electrons. The Bertz CT molecular complexity index is 684.